The number of halogens is 3. The number of nitrogens with zero attached hydrogens (tertiary/aromatic N) is 1. The van der Waals surface area contributed by atoms with Gasteiger partial charge >= 0.3 is 0 Å². The minimum Gasteiger partial charge on any atom is -0.383 e. The summed E-state index contributed by atoms with van der Waals surface area (Å²) in [7, 11) is 1.61. The Morgan fingerprint density at radius 3 is 2.47 bits per heavy atom. The van der Waals surface area contributed by atoms with Crippen molar-refractivity contribution in [2.24, 2.45) is 5.73 Å². The van der Waals surface area contributed by atoms with Crippen molar-refractivity contribution in [2.75, 3.05) is 33.4 Å². The molecular formula is C13H17F3N2O. The molecule has 0 saturated carbocycles. The van der Waals surface area contributed by atoms with Crippen LogP contribution in [0.4, 0.5) is 13.2 Å². The van der Waals surface area contributed by atoms with Gasteiger partial charge in [0.25, 0.3) is 0 Å². The normalized spacial score (nSPS) is 24.1. The van der Waals surface area contributed by atoms with Gasteiger partial charge in [0.15, 0.2) is 17.5 Å². The number of likely N-dealkylation sites (tertiary alicyclic amines) is 1. The topological polar surface area (TPSA) is 38.5 Å². The van der Waals surface area contributed by atoms with Crippen molar-refractivity contribution in [3.8, 4) is 0 Å². The highest BCUT2D eigenvalue weighted by atomic mass is 19.2. The first-order valence-corrected chi connectivity index (χ1v) is 6.14. The lowest BCUT2D eigenvalue weighted by Crippen LogP contribution is -2.30. The van der Waals surface area contributed by atoms with Crippen LogP contribution in [0.5, 0.6) is 0 Å². The number of hydrogen-bond donors (Lipinski definition) is 1. The molecule has 106 valence electrons. The van der Waals surface area contributed by atoms with E-state index in [-0.39, 0.29) is 12.0 Å². The van der Waals surface area contributed by atoms with Gasteiger partial charge in [-0.15, -0.1) is 0 Å². The van der Waals surface area contributed by atoms with Crippen LogP contribution in [0.3, 0.4) is 0 Å². The summed E-state index contributed by atoms with van der Waals surface area (Å²) in [6.45, 7) is 2.52. The van der Waals surface area contributed by atoms with Gasteiger partial charge in [0, 0.05) is 38.7 Å². The molecule has 1 aromatic carbocycles. The molecule has 1 aliphatic heterocycles. The molecule has 0 amide bonds. The highest BCUT2D eigenvalue weighted by molar-refractivity contribution is 5.26. The quantitative estimate of drug-likeness (QED) is 0.845. The van der Waals surface area contributed by atoms with E-state index in [9.17, 15) is 13.2 Å². The molecule has 2 unspecified atom stereocenters. The van der Waals surface area contributed by atoms with Crippen molar-refractivity contribution in [3.05, 3.63) is 35.1 Å². The van der Waals surface area contributed by atoms with Gasteiger partial charge in [-0.1, -0.05) is 0 Å². The van der Waals surface area contributed by atoms with E-state index in [1.807, 2.05) is 0 Å². The third kappa shape index (κ3) is 3.08. The summed E-state index contributed by atoms with van der Waals surface area (Å²) in [4.78, 5) is 2.07. The molecule has 1 heterocycles. The van der Waals surface area contributed by atoms with Crippen molar-refractivity contribution < 1.29 is 17.9 Å². The van der Waals surface area contributed by atoms with Crippen LogP contribution in [0.1, 0.15) is 11.5 Å². The van der Waals surface area contributed by atoms with E-state index in [4.69, 9.17) is 10.5 Å². The lowest BCUT2D eigenvalue weighted by Gasteiger charge is -2.16. The molecule has 0 bridgehead atoms. The smallest absolute Gasteiger partial charge is 0.194 e. The third-order valence-electron chi connectivity index (χ3n) is 3.49. The second-order valence-corrected chi connectivity index (χ2v) is 4.82. The predicted molar refractivity (Wildman–Crippen MR) is 65.3 cm³/mol. The van der Waals surface area contributed by atoms with Crippen molar-refractivity contribution in [3.63, 3.8) is 0 Å². The predicted octanol–water partition coefficient (Wildman–Crippen LogP) is 1.48. The number of hydrogen-bond acceptors (Lipinski definition) is 3. The number of ether oxygens (including phenoxy) is 1. The van der Waals surface area contributed by atoms with Crippen molar-refractivity contribution in [1.82, 2.24) is 4.90 Å². The Labute approximate surface area is 110 Å². The molecule has 2 atom stereocenters. The zero-order valence-electron chi connectivity index (χ0n) is 10.7. The molecule has 0 aliphatic carbocycles. The fourth-order valence-electron chi connectivity index (χ4n) is 2.46. The fourth-order valence-corrected chi connectivity index (χ4v) is 2.46. The van der Waals surface area contributed by atoms with E-state index < -0.39 is 17.5 Å². The standard InChI is InChI=1S/C13H17F3N2O/c1-19-3-2-18-6-9(12(17)7-18)8-4-10(14)13(16)11(15)5-8/h4-5,9,12H,2-3,6-7,17H2,1H3. The Kier molecular flexibility index (Phi) is 4.44. The van der Waals surface area contributed by atoms with Crippen molar-refractivity contribution in [2.45, 2.75) is 12.0 Å². The first-order valence-electron chi connectivity index (χ1n) is 6.14. The van der Waals surface area contributed by atoms with E-state index >= 15 is 0 Å². The maximum Gasteiger partial charge on any atom is 0.194 e. The Hall–Kier alpha value is -1.11. The van der Waals surface area contributed by atoms with Crippen LogP contribution in [-0.4, -0.2) is 44.3 Å². The zero-order valence-corrected chi connectivity index (χ0v) is 10.7. The first kappa shape index (κ1) is 14.3. The van der Waals surface area contributed by atoms with Crippen LogP contribution in [0.15, 0.2) is 12.1 Å². The minimum atomic E-state index is -1.44. The van der Waals surface area contributed by atoms with Crippen molar-refractivity contribution in [1.29, 1.82) is 0 Å². The molecule has 3 nitrogen and oxygen atoms in total. The van der Waals surface area contributed by atoms with Crippen molar-refractivity contribution >= 4 is 0 Å². The highest BCUT2D eigenvalue weighted by Gasteiger charge is 2.32. The summed E-state index contributed by atoms with van der Waals surface area (Å²) in [5.41, 5.74) is 6.40. The largest absolute Gasteiger partial charge is 0.383 e. The lowest BCUT2D eigenvalue weighted by atomic mass is 9.94. The summed E-state index contributed by atoms with van der Waals surface area (Å²) < 4.78 is 44.4. The molecule has 0 radical (unpaired) electrons. The molecule has 1 aliphatic rings. The van der Waals surface area contributed by atoms with Gasteiger partial charge in [-0.05, 0) is 17.7 Å². The molecule has 2 N–H and O–H groups in total. The maximum absolute atomic E-state index is 13.2. The van der Waals surface area contributed by atoms with Gasteiger partial charge in [0.2, 0.25) is 0 Å². The monoisotopic (exact) mass is 274 g/mol. The molecular weight excluding hydrogens is 257 g/mol. The van der Waals surface area contributed by atoms with Crippen LogP contribution in [0.2, 0.25) is 0 Å². The molecule has 0 aromatic heterocycles. The highest BCUT2D eigenvalue weighted by Crippen LogP contribution is 2.28. The average molecular weight is 274 g/mol. The average Bonchev–Trinajstić information content (AvgIpc) is 2.74. The van der Waals surface area contributed by atoms with Gasteiger partial charge in [0.1, 0.15) is 0 Å². The van der Waals surface area contributed by atoms with Crippen LogP contribution >= 0.6 is 0 Å². The molecule has 6 heteroatoms. The van der Waals surface area contributed by atoms with Crippen LogP contribution in [0, 0.1) is 17.5 Å². The number of rotatable bonds is 4. The van der Waals surface area contributed by atoms with Crippen LogP contribution in [-0.2, 0) is 4.74 Å². The Balaban J connectivity index is 2.14. The molecule has 2 rings (SSSR count). The fraction of sp³-hybridized carbons (Fsp3) is 0.538. The van der Waals surface area contributed by atoms with E-state index in [1.165, 1.54) is 0 Å². The Morgan fingerprint density at radius 1 is 1.26 bits per heavy atom. The molecule has 19 heavy (non-hydrogen) atoms. The van der Waals surface area contributed by atoms with Gasteiger partial charge in [-0.3, -0.25) is 4.90 Å². The van der Waals surface area contributed by atoms with E-state index in [2.05, 4.69) is 4.90 Å². The van der Waals surface area contributed by atoms with Gasteiger partial charge in [0.05, 0.1) is 6.61 Å². The zero-order chi connectivity index (χ0) is 14.0. The molecule has 1 fully saturated rings. The van der Waals surface area contributed by atoms with Crippen LogP contribution in [0.25, 0.3) is 0 Å². The molecule has 0 spiro atoms. The number of benzene rings is 1. The number of methoxy groups -OCH3 is 1. The lowest BCUT2D eigenvalue weighted by molar-refractivity contribution is 0.160. The SMILES string of the molecule is COCCN1CC(N)C(c2cc(F)c(F)c(F)c2)C1. The van der Waals surface area contributed by atoms with Gasteiger partial charge < -0.3 is 10.5 Å². The second kappa shape index (κ2) is 5.90. The minimum absolute atomic E-state index is 0.193. The molecule has 1 saturated heterocycles. The van der Waals surface area contributed by atoms with E-state index in [0.717, 1.165) is 12.1 Å². The summed E-state index contributed by atoms with van der Waals surface area (Å²) in [5, 5.41) is 0. The third-order valence-corrected chi connectivity index (χ3v) is 3.49. The van der Waals surface area contributed by atoms with Gasteiger partial charge in [-0.25, -0.2) is 13.2 Å². The molecule has 1 aromatic rings. The second-order valence-electron chi connectivity index (χ2n) is 4.82. The summed E-state index contributed by atoms with van der Waals surface area (Å²) in [6.07, 6.45) is 0. The summed E-state index contributed by atoms with van der Waals surface area (Å²) >= 11 is 0. The van der Waals surface area contributed by atoms with E-state index in [1.54, 1.807) is 7.11 Å². The first-order chi connectivity index (χ1) is 9.02. The maximum atomic E-state index is 13.2. The Bertz CT molecular complexity index is 433. The van der Waals surface area contributed by atoms with Crippen LogP contribution < -0.4 is 5.73 Å². The van der Waals surface area contributed by atoms with E-state index in [0.29, 0.717) is 31.8 Å². The Morgan fingerprint density at radius 2 is 1.89 bits per heavy atom. The number of nitrogens with two attached hydrogens (primary N) is 1. The van der Waals surface area contributed by atoms with Gasteiger partial charge in [-0.2, -0.15) is 0 Å². The summed E-state index contributed by atoms with van der Waals surface area (Å²) in [6, 6.07) is 1.84. The summed E-state index contributed by atoms with van der Waals surface area (Å²) in [5.74, 6) is -3.97.